The lowest BCUT2D eigenvalue weighted by molar-refractivity contribution is 0.620. The molecule has 4 aromatic heterocycles. The highest BCUT2D eigenvalue weighted by atomic mass is 32.1. The van der Waals surface area contributed by atoms with Gasteiger partial charge in [0.2, 0.25) is 5.89 Å². The molecule has 0 atom stereocenters. The number of fused-ring (bicyclic) bond motifs is 7. The third-order valence-corrected chi connectivity index (χ3v) is 11.0. The monoisotopic (exact) mass is 697 g/mol. The van der Waals surface area contributed by atoms with E-state index in [9.17, 15) is 0 Å². The van der Waals surface area contributed by atoms with Crippen LogP contribution >= 0.6 is 11.3 Å². The van der Waals surface area contributed by atoms with Gasteiger partial charge in [-0.05, 0) is 60.7 Å². The van der Waals surface area contributed by atoms with Gasteiger partial charge in [0.15, 0.2) is 23.1 Å². The van der Waals surface area contributed by atoms with Gasteiger partial charge in [-0.2, -0.15) is 0 Å². The molecule has 0 spiro atoms. The van der Waals surface area contributed by atoms with E-state index in [-0.39, 0.29) is 0 Å². The Bertz CT molecular complexity index is 3150. The van der Waals surface area contributed by atoms with Gasteiger partial charge in [-0.1, -0.05) is 103 Å². The van der Waals surface area contributed by atoms with Crippen molar-refractivity contribution in [2.75, 3.05) is 0 Å². The molecular weight excluding hydrogens is 671 g/mol. The number of aromatic nitrogens is 5. The van der Waals surface area contributed by atoms with Gasteiger partial charge in [-0.15, -0.1) is 11.3 Å². The highest BCUT2D eigenvalue weighted by Crippen LogP contribution is 2.42. The van der Waals surface area contributed by atoms with Gasteiger partial charge in [0.1, 0.15) is 5.52 Å². The van der Waals surface area contributed by atoms with Gasteiger partial charge >= 0.3 is 0 Å². The fraction of sp³-hybridized carbons (Fsp3) is 0. The van der Waals surface area contributed by atoms with Crippen LogP contribution in [0.5, 0.6) is 0 Å². The largest absolute Gasteiger partial charge is 0.436 e. The summed E-state index contributed by atoms with van der Waals surface area (Å²) in [5.74, 6) is 2.46. The SMILES string of the molecule is c1ccc(-c2nc(-c3ccc4c5ccccc5n(-c5ccccc5)c4c3)nc(-c3cccc4sc5ccc(-c6nc7ccccc7o6)cc5c34)n2)cc1. The van der Waals surface area contributed by atoms with Crippen LogP contribution in [-0.2, 0) is 0 Å². The van der Waals surface area contributed by atoms with Crippen molar-refractivity contribution in [3.8, 4) is 51.3 Å². The second-order valence-electron chi connectivity index (χ2n) is 13.1. The minimum atomic E-state index is 0.599. The number of para-hydroxylation sites is 4. The summed E-state index contributed by atoms with van der Waals surface area (Å²) in [6.45, 7) is 0. The van der Waals surface area contributed by atoms with Crippen molar-refractivity contribution in [2.45, 2.75) is 0 Å². The fourth-order valence-electron chi connectivity index (χ4n) is 7.45. The van der Waals surface area contributed by atoms with Crippen LogP contribution in [0.3, 0.4) is 0 Å². The van der Waals surface area contributed by atoms with E-state index in [0.29, 0.717) is 23.4 Å². The molecule has 11 aromatic rings. The smallest absolute Gasteiger partial charge is 0.227 e. The van der Waals surface area contributed by atoms with E-state index >= 15 is 0 Å². The summed E-state index contributed by atoms with van der Waals surface area (Å²) in [4.78, 5) is 20.3. The molecule has 11 rings (SSSR count). The molecule has 0 aliphatic heterocycles. The van der Waals surface area contributed by atoms with Gasteiger partial charge in [-0.25, -0.2) is 19.9 Å². The molecule has 53 heavy (non-hydrogen) atoms. The minimum absolute atomic E-state index is 0.599. The van der Waals surface area contributed by atoms with Crippen LogP contribution in [0, 0.1) is 0 Å². The molecule has 0 fully saturated rings. The molecule has 0 saturated heterocycles. The van der Waals surface area contributed by atoms with Crippen molar-refractivity contribution in [1.29, 1.82) is 0 Å². The predicted octanol–water partition coefficient (Wildman–Crippen LogP) is 12.1. The van der Waals surface area contributed by atoms with Gasteiger partial charge in [0.05, 0.1) is 11.0 Å². The summed E-state index contributed by atoms with van der Waals surface area (Å²) in [5.41, 5.74) is 8.67. The van der Waals surface area contributed by atoms with Crippen LogP contribution < -0.4 is 0 Å². The molecule has 248 valence electrons. The van der Waals surface area contributed by atoms with E-state index in [4.69, 9.17) is 24.4 Å². The number of oxazole rings is 1. The third-order valence-electron chi connectivity index (χ3n) is 9.89. The quantitative estimate of drug-likeness (QED) is 0.179. The maximum atomic E-state index is 6.18. The number of benzene rings is 7. The molecule has 0 amide bonds. The third kappa shape index (κ3) is 4.86. The van der Waals surface area contributed by atoms with E-state index in [1.54, 1.807) is 11.3 Å². The second-order valence-corrected chi connectivity index (χ2v) is 14.2. The average Bonchev–Trinajstić information content (AvgIpc) is 3.93. The van der Waals surface area contributed by atoms with Crippen molar-refractivity contribution < 1.29 is 4.42 Å². The highest BCUT2D eigenvalue weighted by molar-refractivity contribution is 7.26. The van der Waals surface area contributed by atoms with Crippen LogP contribution in [0.4, 0.5) is 0 Å². The first-order chi connectivity index (χ1) is 26.2. The molecule has 6 nitrogen and oxygen atoms in total. The summed E-state index contributed by atoms with van der Waals surface area (Å²) in [6.07, 6.45) is 0. The van der Waals surface area contributed by atoms with Crippen LogP contribution in [-0.4, -0.2) is 24.5 Å². The fourth-order valence-corrected chi connectivity index (χ4v) is 8.56. The first-order valence-corrected chi connectivity index (χ1v) is 18.3. The molecule has 0 radical (unpaired) electrons. The Morgan fingerprint density at radius 3 is 2.04 bits per heavy atom. The van der Waals surface area contributed by atoms with Gasteiger partial charge in [-0.3, -0.25) is 0 Å². The first kappa shape index (κ1) is 29.7. The number of hydrogen-bond acceptors (Lipinski definition) is 6. The van der Waals surface area contributed by atoms with Gasteiger partial charge < -0.3 is 8.98 Å². The Kier molecular flexibility index (Phi) is 6.62. The molecular formula is C46H27N5OS. The average molecular weight is 698 g/mol. The summed E-state index contributed by atoms with van der Waals surface area (Å²) >= 11 is 1.76. The number of thiophene rings is 1. The van der Waals surface area contributed by atoms with Crippen molar-refractivity contribution in [1.82, 2.24) is 24.5 Å². The topological polar surface area (TPSA) is 69.6 Å². The van der Waals surface area contributed by atoms with Gasteiger partial charge in [0.25, 0.3) is 0 Å². The Morgan fingerprint density at radius 2 is 1.17 bits per heavy atom. The van der Waals surface area contributed by atoms with Gasteiger partial charge in [0, 0.05) is 58.9 Å². The molecule has 0 unspecified atom stereocenters. The highest BCUT2D eigenvalue weighted by Gasteiger charge is 2.20. The lowest BCUT2D eigenvalue weighted by Crippen LogP contribution is -2.00. The van der Waals surface area contributed by atoms with Crippen molar-refractivity contribution in [3.63, 3.8) is 0 Å². The first-order valence-electron chi connectivity index (χ1n) is 17.5. The lowest BCUT2D eigenvalue weighted by Gasteiger charge is -2.11. The summed E-state index contributed by atoms with van der Waals surface area (Å²) in [5, 5.41) is 4.58. The maximum absolute atomic E-state index is 6.18. The van der Waals surface area contributed by atoms with Crippen LogP contribution in [0.15, 0.2) is 168 Å². The Hall–Kier alpha value is -6.96. The number of rotatable bonds is 5. The zero-order valence-corrected chi connectivity index (χ0v) is 29.0. The van der Waals surface area contributed by atoms with Crippen molar-refractivity contribution >= 4 is 64.4 Å². The molecule has 0 aliphatic rings. The lowest BCUT2D eigenvalue weighted by atomic mass is 10.0. The predicted molar refractivity (Wildman–Crippen MR) is 216 cm³/mol. The minimum Gasteiger partial charge on any atom is -0.436 e. The molecule has 0 aliphatic carbocycles. The Morgan fingerprint density at radius 1 is 0.453 bits per heavy atom. The van der Waals surface area contributed by atoms with Crippen LogP contribution in [0.1, 0.15) is 0 Å². The van der Waals surface area contributed by atoms with Crippen molar-refractivity contribution in [3.05, 3.63) is 164 Å². The summed E-state index contributed by atoms with van der Waals surface area (Å²) < 4.78 is 10.8. The Balaban J connectivity index is 1.13. The molecule has 7 aromatic carbocycles. The number of hydrogen-bond donors (Lipinski definition) is 0. The van der Waals surface area contributed by atoms with E-state index in [1.807, 2.05) is 60.7 Å². The normalized spacial score (nSPS) is 11.8. The standard InChI is InChI=1S/C46H27N5OS/c1-3-12-28(13-4-1)43-48-44(29-22-24-33-32-16-7-9-19-37(32)51(38(33)27-29)31-14-5-2-6-15-31)50-45(49-43)34-17-11-21-41-42(34)35-26-30(23-25-40(35)53-41)46-47-36-18-8-10-20-39(36)52-46/h1-27H. The van der Waals surface area contributed by atoms with Crippen LogP contribution in [0.2, 0.25) is 0 Å². The zero-order valence-electron chi connectivity index (χ0n) is 28.1. The van der Waals surface area contributed by atoms with Crippen LogP contribution in [0.25, 0.3) is 104 Å². The van der Waals surface area contributed by atoms with Crippen molar-refractivity contribution in [2.24, 2.45) is 0 Å². The van der Waals surface area contributed by atoms with E-state index in [2.05, 4.69) is 108 Å². The summed E-state index contributed by atoms with van der Waals surface area (Å²) in [7, 11) is 0. The van der Waals surface area contributed by atoms with E-state index in [1.165, 1.54) is 15.5 Å². The molecule has 7 heteroatoms. The second kappa shape index (κ2) is 11.8. The molecule has 4 heterocycles. The molecule has 0 saturated carbocycles. The summed E-state index contributed by atoms with van der Waals surface area (Å²) in [6, 6.07) is 56.4. The zero-order chi connectivity index (χ0) is 34.9. The molecule has 0 N–H and O–H groups in total. The maximum Gasteiger partial charge on any atom is 0.227 e. The number of nitrogens with zero attached hydrogens (tertiary/aromatic N) is 5. The van der Waals surface area contributed by atoms with E-state index in [0.717, 1.165) is 65.5 Å². The van der Waals surface area contributed by atoms with E-state index < -0.39 is 0 Å². The Labute approximate surface area is 307 Å². The molecule has 0 bridgehead atoms.